The molecule has 1 aliphatic rings. The van der Waals surface area contributed by atoms with Gasteiger partial charge >= 0.3 is 0 Å². The summed E-state index contributed by atoms with van der Waals surface area (Å²) in [6.07, 6.45) is 0.527. The third-order valence-corrected chi connectivity index (χ3v) is 4.32. The Labute approximate surface area is 144 Å². The van der Waals surface area contributed by atoms with Gasteiger partial charge in [-0.25, -0.2) is 13.8 Å². The molecule has 2 aromatic rings. The van der Waals surface area contributed by atoms with Gasteiger partial charge in [0.2, 0.25) is 0 Å². The van der Waals surface area contributed by atoms with E-state index in [1.807, 2.05) is 4.90 Å². The van der Waals surface area contributed by atoms with Crippen molar-refractivity contribution >= 4 is 5.82 Å². The number of nitrogens with zero attached hydrogens (tertiary/aromatic N) is 4. The van der Waals surface area contributed by atoms with E-state index in [0.29, 0.717) is 31.7 Å². The van der Waals surface area contributed by atoms with E-state index in [4.69, 9.17) is 5.26 Å². The summed E-state index contributed by atoms with van der Waals surface area (Å²) >= 11 is 0. The zero-order valence-corrected chi connectivity index (χ0v) is 13.6. The molecule has 0 aliphatic carbocycles. The summed E-state index contributed by atoms with van der Waals surface area (Å²) in [7, 11) is 0. The second-order valence-corrected chi connectivity index (χ2v) is 5.98. The van der Waals surface area contributed by atoms with Crippen molar-refractivity contribution in [3.8, 4) is 6.07 Å². The Morgan fingerprint density at radius 3 is 2.64 bits per heavy atom. The van der Waals surface area contributed by atoms with Gasteiger partial charge in [-0.15, -0.1) is 0 Å². The van der Waals surface area contributed by atoms with Gasteiger partial charge in [-0.1, -0.05) is 0 Å². The number of hydrogen-bond donors (Lipinski definition) is 1. The van der Waals surface area contributed by atoms with Crippen molar-refractivity contribution in [1.82, 2.24) is 9.88 Å². The van der Waals surface area contributed by atoms with Crippen LogP contribution in [0.4, 0.5) is 14.6 Å². The van der Waals surface area contributed by atoms with E-state index in [1.165, 1.54) is 0 Å². The van der Waals surface area contributed by atoms with Crippen LogP contribution in [-0.2, 0) is 0 Å². The van der Waals surface area contributed by atoms with E-state index in [0.717, 1.165) is 24.0 Å². The van der Waals surface area contributed by atoms with Crippen LogP contribution >= 0.6 is 0 Å². The number of aliphatic hydroxyl groups excluding tert-OH is 1. The molecule has 0 amide bonds. The average Bonchev–Trinajstić information content (AvgIpc) is 2.64. The van der Waals surface area contributed by atoms with Crippen LogP contribution in [0.5, 0.6) is 0 Å². The zero-order valence-electron chi connectivity index (χ0n) is 13.6. The number of rotatable bonds is 4. The first-order valence-electron chi connectivity index (χ1n) is 8.03. The molecule has 0 saturated carbocycles. The highest BCUT2D eigenvalue weighted by Crippen LogP contribution is 2.21. The molecule has 2 heterocycles. The highest BCUT2D eigenvalue weighted by molar-refractivity contribution is 5.45. The molecule has 130 valence electrons. The number of β-amino-alcohol motifs (C(OH)–C–C–N with tert-alkyl or cyclic N) is 1. The minimum Gasteiger partial charge on any atom is -0.387 e. The normalized spacial score (nSPS) is 16.5. The predicted octanol–water partition coefficient (Wildman–Crippen LogP) is 2.09. The molecule has 0 radical (unpaired) electrons. The zero-order chi connectivity index (χ0) is 17.8. The van der Waals surface area contributed by atoms with Crippen LogP contribution < -0.4 is 4.90 Å². The monoisotopic (exact) mass is 344 g/mol. The highest BCUT2D eigenvalue weighted by atomic mass is 19.1. The standard InChI is InChI=1S/C18H18F2N4O/c19-14-1-2-16(20)15(10-14)17(25)12-23-5-7-24(8-6-23)18-9-13(11-21)3-4-22-18/h1-4,9-10,17,25H,5-8,12H2/t17-/m0/s1. The van der Waals surface area contributed by atoms with Gasteiger partial charge < -0.3 is 10.0 Å². The van der Waals surface area contributed by atoms with Crippen molar-refractivity contribution in [3.05, 3.63) is 59.3 Å². The molecule has 7 heteroatoms. The van der Waals surface area contributed by atoms with Crippen molar-refractivity contribution in [3.63, 3.8) is 0 Å². The smallest absolute Gasteiger partial charge is 0.129 e. The summed E-state index contributed by atoms with van der Waals surface area (Å²) in [5.74, 6) is -0.427. The van der Waals surface area contributed by atoms with Crippen LogP contribution in [0.1, 0.15) is 17.2 Å². The summed E-state index contributed by atoms with van der Waals surface area (Å²) in [5.41, 5.74) is 0.537. The molecule has 1 saturated heterocycles. The number of hydrogen-bond acceptors (Lipinski definition) is 5. The highest BCUT2D eigenvalue weighted by Gasteiger charge is 2.22. The van der Waals surface area contributed by atoms with Crippen molar-refractivity contribution in [1.29, 1.82) is 5.26 Å². The van der Waals surface area contributed by atoms with Crippen molar-refractivity contribution < 1.29 is 13.9 Å². The number of pyridine rings is 1. The lowest BCUT2D eigenvalue weighted by molar-refractivity contribution is 0.106. The maximum atomic E-state index is 13.7. The molecule has 1 aromatic heterocycles. The second kappa shape index (κ2) is 7.55. The third-order valence-electron chi connectivity index (χ3n) is 4.32. The molecule has 0 bridgehead atoms. The fourth-order valence-corrected chi connectivity index (χ4v) is 2.93. The van der Waals surface area contributed by atoms with Gasteiger partial charge in [0.25, 0.3) is 0 Å². The van der Waals surface area contributed by atoms with Gasteiger partial charge in [0.05, 0.1) is 17.7 Å². The van der Waals surface area contributed by atoms with E-state index < -0.39 is 17.7 Å². The molecule has 1 fully saturated rings. The van der Waals surface area contributed by atoms with Gasteiger partial charge in [-0.3, -0.25) is 4.90 Å². The Morgan fingerprint density at radius 2 is 1.92 bits per heavy atom. The predicted molar refractivity (Wildman–Crippen MR) is 88.9 cm³/mol. The van der Waals surface area contributed by atoms with Crippen LogP contribution in [0.25, 0.3) is 0 Å². The minimum atomic E-state index is -1.08. The first kappa shape index (κ1) is 17.3. The van der Waals surface area contributed by atoms with E-state index >= 15 is 0 Å². The summed E-state index contributed by atoms with van der Waals surface area (Å²) in [6.45, 7) is 2.92. The van der Waals surface area contributed by atoms with E-state index in [-0.39, 0.29) is 12.1 Å². The maximum Gasteiger partial charge on any atom is 0.129 e. The molecule has 0 spiro atoms. The topological polar surface area (TPSA) is 63.4 Å². The van der Waals surface area contributed by atoms with Crippen molar-refractivity contribution in [2.75, 3.05) is 37.6 Å². The Balaban J connectivity index is 1.59. The van der Waals surface area contributed by atoms with E-state index in [9.17, 15) is 13.9 Å². The van der Waals surface area contributed by atoms with Crippen LogP contribution in [0.15, 0.2) is 36.5 Å². The molecule has 0 unspecified atom stereocenters. The summed E-state index contributed by atoms with van der Waals surface area (Å²) in [6, 6.07) is 8.59. The van der Waals surface area contributed by atoms with Gasteiger partial charge in [0.1, 0.15) is 17.5 Å². The second-order valence-electron chi connectivity index (χ2n) is 5.98. The number of benzene rings is 1. The molecule has 1 N–H and O–H groups in total. The molecule has 1 atom stereocenters. The number of aromatic nitrogens is 1. The van der Waals surface area contributed by atoms with Gasteiger partial charge in [-0.05, 0) is 30.3 Å². The number of nitriles is 1. The Morgan fingerprint density at radius 1 is 1.16 bits per heavy atom. The number of aliphatic hydroxyl groups is 1. The number of anilines is 1. The molecule has 25 heavy (non-hydrogen) atoms. The fourth-order valence-electron chi connectivity index (χ4n) is 2.93. The van der Waals surface area contributed by atoms with Crippen molar-refractivity contribution in [2.45, 2.75) is 6.10 Å². The average molecular weight is 344 g/mol. The lowest BCUT2D eigenvalue weighted by Crippen LogP contribution is -2.47. The van der Waals surface area contributed by atoms with Gasteiger partial charge in [0.15, 0.2) is 0 Å². The first-order valence-corrected chi connectivity index (χ1v) is 8.03. The molecular formula is C18H18F2N4O. The third kappa shape index (κ3) is 4.10. The Bertz CT molecular complexity index is 785. The van der Waals surface area contributed by atoms with Crippen LogP contribution in [0.2, 0.25) is 0 Å². The molecule has 1 aromatic carbocycles. The lowest BCUT2D eigenvalue weighted by Gasteiger charge is -2.36. The molecular weight excluding hydrogens is 326 g/mol. The van der Waals surface area contributed by atoms with Crippen LogP contribution in [0, 0.1) is 23.0 Å². The number of piperazine rings is 1. The molecule has 5 nitrogen and oxygen atoms in total. The van der Waals surface area contributed by atoms with E-state index in [2.05, 4.69) is 16.0 Å². The minimum absolute atomic E-state index is 0.0224. The SMILES string of the molecule is N#Cc1ccnc(N2CCN(C[C@H](O)c3cc(F)ccc3F)CC2)c1. The Hall–Kier alpha value is -2.56. The largest absolute Gasteiger partial charge is 0.387 e. The van der Waals surface area contributed by atoms with Crippen LogP contribution in [-0.4, -0.2) is 47.7 Å². The van der Waals surface area contributed by atoms with Gasteiger partial charge in [-0.2, -0.15) is 5.26 Å². The maximum absolute atomic E-state index is 13.7. The molecule has 1 aliphatic heterocycles. The van der Waals surface area contributed by atoms with Crippen LogP contribution in [0.3, 0.4) is 0 Å². The first-order chi connectivity index (χ1) is 12.1. The number of halogens is 2. The van der Waals surface area contributed by atoms with Gasteiger partial charge in [0, 0.05) is 44.5 Å². The van der Waals surface area contributed by atoms with Crippen molar-refractivity contribution in [2.24, 2.45) is 0 Å². The van der Waals surface area contributed by atoms with E-state index in [1.54, 1.807) is 18.3 Å². The Kier molecular flexibility index (Phi) is 5.22. The lowest BCUT2D eigenvalue weighted by atomic mass is 10.1. The fraction of sp³-hybridized carbons (Fsp3) is 0.333. The quantitative estimate of drug-likeness (QED) is 0.920. The summed E-state index contributed by atoms with van der Waals surface area (Å²) in [4.78, 5) is 8.34. The summed E-state index contributed by atoms with van der Waals surface area (Å²) < 4.78 is 27.0. The summed E-state index contributed by atoms with van der Waals surface area (Å²) in [5, 5.41) is 19.2. The molecule has 3 rings (SSSR count).